The molecular weight excluding hydrogens is 289 g/mol. The molecule has 2 amide bonds. The summed E-state index contributed by atoms with van der Waals surface area (Å²) < 4.78 is 47.5. The number of carboxylic acids is 1. The van der Waals surface area contributed by atoms with Crippen LogP contribution in [0.15, 0.2) is 0 Å². The Bertz CT molecular complexity index is 362. The van der Waals surface area contributed by atoms with Gasteiger partial charge in [-0.25, -0.2) is 4.79 Å². The van der Waals surface area contributed by atoms with Crippen molar-refractivity contribution in [1.82, 2.24) is 10.2 Å². The Morgan fingerprint density at radius 1 is 1.42 bits per heavy atom. The molecule has 0 spiro atoms. The van der Waals surface area contributed by atoms with Crippen LogP contribution in [-0.2, 0) is 15.6 Å². The molecule has 0 aromatic heterocycles. The normalized spacial score (nSPS) is 14.6. The first kappa shape index (κ1) is 17.7. The number of aliphatic carboxylic acids is 1. The number of urea groups is 1. The number of halogens is 3. The number of nitrogens with one attached hydrogen (secondary N) is 1. The molecule has 0 fully saturated rings. The van der Waals surface area contributed by atoms with Gasteiger partial charge in [0.05, 0.1) is 0 Å². The van der Waals surface area contributed by atoms with Gasteiger partial charge in [0.1, 0.15) is 13.1 Å². The van der Waals surface area contributed by atoms with E-state index in [2.05, 4.69) is 5.32 Å². The highest BCUT2D eigenvalue weighted by molar-refractivity contribution is 7.84. The van der Waals surface area contributed by atoms with Crippen LogP contribution in [0.25, 0.3) is 0 Å². The lowest BCUT2D eigenvalue weighted by Crippen LogP contribution is -2.50. The first-order chi connectivity index (χ1) is 8.51. The quantitative estimate of drug-likeness (QED) is 0.744. The lowest BCUT2D eigenvalue weighted by Gasteiger charge is -2.24. The zero-order valence-corrected chi connectivity index (χ0v) is 11.2. The summed E-state index contributed by atoms with van der Waals surface area (Å²) in [7, 11) is -1.23. The van der Waals surface area contributed by atoms with Crippen LogP contribution in [0.3, 0.4) is 0 Å². The van der Waals surface area contributed by atoms with Crippen molar-refractivity contribution < 1.29 is 32.1 Å². The average molecular weight is 304 g/mol. The highest BCUT2D eigenvalue weighted by atomic mass is 32.2. The van der Waals surface area contributed by atoms with Crippen molar-refractivity contribution in [3.8, 4) is 0 Å². The summed E-state index contributed by atoms with van der Waals surface area (Å²) in [5, 5.41) is 10.6. The van der Waals surface area contributed by atoms with Crippen molar-refractivity contribution >= 4 is 22.8 Å². The zero-order valence-electron chi connectivity index (χ0n) is 10.4. The summed E-state index contributed by atoms with van der Waals surface area (Å²) in [6.45, 7) is -1.26. The Balaban J connectivity index is 4.62. The molecule has 0 saturated carbocycles. The maximum absolute atomic E-state index is 12.2. The number of carbonyl (C=O) groups excluding carboxylic acids is 1. The van der Waals surface area contributed by atoms with E-state index in [1.807, 2.05) is 0 Å². The highest BCUT2D eigenvalue weighted by Crippen LogP contribution is 2.16. The van der Waals surface area contributed by atoms with Crippen LogP contribution in [-0.4, -0.2) is 63.5 Å². The molecule has 0 aliphatic carbocycles. The van der Waals surface area contributed by atoms with E-state index in [1.165, 1.54) is 13.2 Å². The number of carboxylic acid groups (broad SMARTS) is 1. The van der Waals surface area contributed by atoms with Gasteiger partial charge in [-0.3, -0.25) is 9.00 Å². The largest absolute Gasteiger partial charge is 0.480 e. The molecule has 0 aliphatic rings. The van der Waals surface area contributed by atoms with Crippen LogP contribution in [0.1, 0.15) is 6.92 Å². The van der Waals surface area contributed by atoms with E-state index < -0.39 is 48.1 Å². The fourth-order valence-corrected chi connectivity index (χ4v) is 2.06. The van der Waals surface area contributed by atoms with E-state index in [1.54, 1.807) is 0 Å². The second-order valence-electron chi connectivity index (χ2n) is 3.96. The molecule has 0 rings (SSSR count). The van der Waals surface area contributed by atoms with Crippen LogP contribution in [0, 0.1) is 0 Å². The summed E-state index contributed by atoms with van der Waals surface area (Å²) in [6.07, 6.45) is -3.31. The predicted octanol–water partition coefficient (Wildman–Crippen LogP) is 0.412. The Morgan fingerprint density at radius 2 is 1.95 bits per heavy atom. The summed E-state index contributed by atoms with van der Waals surface area (Å²) >= 11 is 0. The third-order valence-corrected chi connectivity index (χ3v) is 2.81. The van der Waals surface area contributed by atoms with Crippen molar-refractivity contribution in [2.75, 3.05) is 25.1 Å². The Kier molecular flexibility index (Phi) is 6.81. The molecule has 0 aliphatic heterocycles. The van der Waals surface area contributed by atoms with Crippen molar-refractivity contribution in [2.45, 2.75) is 19.1 Å². The van der Waals surface area contributed by atoms with Gasteiger partial charge in [-0.05, 0) is 6.92 Å². The lowest BCUT2D eigenvalue weighted by molar-refractivity contribution is -0.149. The maximum atomic E-state index is 12.2. The van der Waals surface area contributed by atoms with Gasteiger partial charge in [0.2, 0.25) is 0 Å². The molecule has 6 nitrogen and oxygen atoms in total. The first-order valence-electron chi connectivity index (χ1n) is 5.15. The summed E-state index contributed by atoms with van der Waals surface area (Å²) in [5.74, 6) is -1.48. The van der Waals surface area contributed by atoms with E-state index in [0.717, 1.165) is 0 Å². The molecule has 0 saturated heterocycles. The Hall–Kier alpha value is -1.32. The number of nitrogens with zero attached hydrogens (tertiary/aromatic N) is 1. The van der Waals surface area contributed by atoms with Gasteiger partial charge in [0.25, 0.3) is 0 Å². The molecule has 2 N–H and O–H groups in total. The third kappa shape index (κ3) is 9.28. The molecule has 0 aromatic carbocycles. The maximum Gasteiger partial charge on any atom is 0.406 e. The molecule has 0 radical (unpaired) electrons. The molecule has 19 heavy (non-hydrogen) atoms. The number of carbonyl (C=O) groups is 2. The second-order valence-corrected chi connectivity index (χ2v) is 5.44. The SMILES string of the molecule is CC(CS(C)=O)NC(=O)N(CC(=O)O)CC(F)(F)F. The second kappa shape index (κ2) is 7.31. The number of hydrogen-bond donors (Lipinski definition) is 2. The molecule has 2 atom stereocenters. The van der Waals surface area contributed by atoms with Crippen LogP contribution in [0.4, 0.5) is 18.0 Å². The van der Waals surface area contributed by atoms with Gasteiger partial charge in [0, 0.05) is 28.9 Å². The van der Waals surface area contributed by atoms with Crippen LogP contribution >= 0.6 is 0 Å². The Labute approximate surface area is 110 Å². The minimum absolute atomic E-state index is 0.0681. The summed E-state index contributed by atoms with van der Waals surface area (Å²) in [4.78, 5) is 22.1. The average Bonchev–Trinajstić information content (AvgIpc) is 2.11. The number of amides is 2. The molecule has 10 heteroatoms. The standard InChI is InChI=1S/C9H15F3N2O4S/c1-6(4-19(2)18)13-8(17)14(3-7(15)16)5-9(10,11)12/h6H,3-5H2,1-2H3,(H,13,17)(H,15,16). The van der Waals surface area contributed by atoms with E-state index in [9.17, 15) is 27.0 Å². The molecule has 0 bridgehead atoms. The van der Waals surface area contributed by atoms with Crippen LogP contribution in [0.5, 0.6) is 0 Å². The van der Waals surface area contributed by atoms with Gasteiger partial charge in [-0.2, -0.15) is 13.2 Å². The minimum Gasteiger partial charge on any atom is -0.480 e. The third-order valence-electron chi connectivity index (χ3n) is 1.84. The van der Waals surface area contributed by atoms with E-state index >= 15 is 0 Å². The number of alkyl halides is 3. The van der Waals surface area contributed by atoms with Gasteiger partial charge in [-0.1, -0.05) is 0 Å². The molecule has 2 unspecified atom stereocenters. The van der Waals surface area contributed by atoms with Crippen molar-refractivity contribution in [3.63, 3.8) is 0 Å². The minimum atomic E-state index is -4.69. The van der Waals surface area contributed by atoms with Gasteiger partial charge >= 0.3 is 18.2 Å². The van der Waals surface area contributed by atoms with Crippen molar-refractivity contribution in [3.05, 3.63) is 0 Å². The summed E-state index contributed by atoms with van der Waals surface area (Å²) in [5.41, 5.74) is 0. The van der Waals surface area contributed by atoms with Gasteiger partial charge in [0.15, 0.2) is 0 Å². The lowest BCUT2D eigenvalue weighted by atomic mass is 10.4. The fraction of sp³-hybridized carbons (Fsp3) is 0.778. The van der Waals surface area contributed by atoms with Crippen LogP contribution in [0.2, 0.25) is 0 Å². The summed E-state index contributed by atoms with van der Waals surface area (Å²) in [6, 6.07) is -1.78. The fourth-order valence-electron chi connectivity index (χ4n) is 1.27. The molecule has 0 aromatic rings. The number of rotatable bonds is 6. The molecule has 112 valence electrons. The highest BCUT2D eigenvalue weighted by Gasteiger charge is 2.34. The van der Waals surface area contributed by atoms with Gasteiger partial charge in [-0.15, -0.1) is 0 Å². The first-order valence-corrected chi connectivity index (χ1v) is 6.88. The van der Waals surface area contributed by atoms with E-state index in [4.69, 9.17) is 5.11 Å². The zero-order chi connectivity index (χ0) is 15.2. The molecule has 0 heterocycles. The predicted molar refractivity (Wildman–Crippen MR) is 62.2 cm³/mol. The van der Waals surface area contributed by atoms with Gasteiger partial charge < -0.3 is 15.3 Å². The molecular formula is C9H15F3N2O4S. The Morgan fingerprint density at radius 3 is 2.32 bits per heavy atom. The monoisotopic (exact) mass is 304 g/mol. The van der Waals surface area contributed by atoms with Crippen molar-refractivity contribution in [2.24, 2.45) is 0 Å². The number of hydrogen-bond acceptors (Lipinski definition) is 3. The smallest absolute Gasteiger partial charge is 0.406 e. The van der Waals surface area contributed by atoms with Crippen LogP contribution < -0.4 is 5.32 Å². The van der Waals surface area contributed by atoms with E-state index in [0.29, 0.717) is 0 Å². The topological polar surface area (TPSA) is 86.7 Å². The van der Waals surface area contributed by atoms with E-state index in [-0.39, 0.29) is 10.7 Å². The van der Waals surface area contributed by atoms with Crippen molar-refractivity contribution in [1.29, 1.82) is 0 Å².